The van der Waals surface area contributed by atoms with Gasteiger partial charge in [0.2, 0.25) is 5.43 Å². The summed E-state index contributed by atoms with van der Waals surface area (Å²) in [6, 6.07) is 15.3. The zero-order valence-corrected chi connectivity index (χ0v) is 17.1. The van der Waals surface area contributed by atoms with E-state index < -0.39 is 0 Å². The fourth-order valence-electron chi connectivity index (χ4n) is 3.13. The Labute approximate surface area is 177 Å². The van der Waals surface area contributed by atoms with Crippen molar-refractivity contribution in [2.24, 2.45) is 0 Å². The van der Waals surface area contributed by atoms with E-state index in [2.05, 4.69) is 5.32 Å². The summed E-state index contributed by atoms with van der Waals surface area (Å²) in [5, 5.41) is 4.07. The standard InChI is InChI=1S/C23H18ClNO5/c1-13-9-20-16(11-17(13)24)23(27)15-8-7-14(10-21(15)30-20)25-22(26)12-29-19-6-4-3-5-18(19)28-2/h3-11H,12H2,1-2H3,(H,25,26). The maximum atomic E-state index is 12.8. The summed E-state index contributed by atoms with van der Waals surface area (Å²) in [6.45, 7) is 1.64. The normalized spacial score (nSPS) is 10.9. The maximum Gasteiger partial charge on any atom is 0.262 e. The lowest BCUT2D eigenvalue weighted by atomic mass is 10.1. The van der Waals surface area contributed by atoms with Gasteiger partial charge in [-0.25, -0.2) is 0 Å². The van der Waals surface area contributed by atoms with E-state index in [1.807, 2.05) is 13.0 Å². The highest BCUT2D eigenvalue weighted by Gasteiger charge is 2.12. The second-order valence-electron chi connectivity index (χ2n) is 6.73. The molecule has 1 aromatic heterocycles. The van der Waals surface area contributed by atoms with Crippen LogP contribution in [0.5, 0.6) is 11.5 Å². The van der Waals surface area contributed by atoms with Gasteiger partial charge in [0.15, 0.2) is 18.1 Å². The molecule has 4 rings (SSSR count). The predicted octanol–water partition coefficient (Wildman–Crippen LogP) is 4.93. The topological polar surface area (TPSA) is 77.8 Å². The largest absolute Gasteiger partial charge is 0.493 e. The van der Waals surface area contributed by atoms with Crippen molar-refractivity contribution in [2.45, 2.75) is 6.92 Å². The van der Waals surface area contributed by atoms with Crippen molar-refractivity contribution >= 4 is 45.1 Å². The van der Waals surface area contributed by atoms with Crippen LogP contribution < -0.4 is 20.2 Å². The highest BCUT2D eigenvalue weighted by Crippen LogP contribution is 2.27. The first-order chi connectivity index (χ1) is 14.5. The lowest BCUT2D eigenvalue weighted by Gasteiger charge is -2.11. The fourth-order valence-corrected chi connectivity index (χ4v) is 3.29. The van der Waals surface area contributed by atoms with Crippen molar-refractivity contribution in [2.75, 3.05) is 19.0 Å². The third-order valence-corrected chi connectivity index (χ3v) is 5.07. The van der Waals surface area contributed by atoms with Crippen molar-refractivity contribution in [1.82, 2.24) is 0 Å². The fraction of sp³-hybridized carbons (Fsp3) is 0.130. The van der Waals surface area contributed by atoms with E-state index in [1.54, 1.807) is 48.5 Å². The van der Waals surface area contributed by atoms with Crippen molar-refractivity contribution in [3.63, 3.8) is 0 Å². The first kappa shape index (κ1) is 19.8. The molecule has 30 heavy (non-hydrogen) atoms. The number of nitrogens with one attached hydrogen (secondary N) is 1. The van der Waals surface area contributed by atoms with Gasteiger partial charge < -0.3 is 19.2 Å². The molecule has 3 aromatic carbocycles. The lowest BCUT2D eigenvalue weighted by Crippen LogP contribution is -2.20. The van der Waals surface area contributed by atoms with E-state index >= 15 is 0 Å². The first-order valence-electron chi connectivity index (χ1n) is 9.18. The molecule has 1 heterocycles. The summed E-state index contributed by atoms with van der Waals surface area (Å²) in [7, 11) is 1.53. The van der Waals surface area contributed by atoms with Gasteiger partial charge in [-0.05, 0) is 48.9 Å². The van der Waals surface area contributed by atoms with E-state index in [9.17, 15) is 9.59 Å². The van der Waals surface area contributed by atoms with Gasteiger partial charge in [0, 0.05) is 16.8 Å². The summed E-state index contributed by atoms with van der Waals surface area (Å²) in [6.07, 6.45) is 0. The van der Waals surface area contributed by atoms with E-state index in [4.69, 9.17) is 25.5 Å². The Kier molecular flexibility index (Phi) is 5.33. The minimum Gasteiger partial charge on any atom is -0.493 e. The smallest absolute Gasteiger partial charge is 0.262 e. The zero-order valence-electron chi connectivity index (χ0n) is 16.3. The number of amides is 1. The Bertz CT molecular complexity index is 1330. The number of hydrogen-bond donors (Lipinski definition) is 1. The minimum absolute atomic E-state index is 0.175. The van der Waals surface area contributed by atoms with Crippen LogP contribution in [-0.2, 0) is 4.79 Å². The molecular formula is C23H18ClNO5. The molecule has 7 heteroatoms. The minimum atomic E-state index is -0.356. The number of ether oxygens (including phenoxy) is 2. The quantitative estimate of drug-likeness (QED) is 0.460. The van der Waals surface area contributed by atoms with Gasteiger partial charge in [-0.1, -0.05) is 23.7 Å². The second kappa shape index (κ2) is 8.08. The molecule has 152 valence electrons. The SMILES string of the molecule is COc1ccccc1OCC(=O)Nc1ccc2c(=O)c3cc(Cl)c(C)cc3oc2c1. The van der Waals surface area contributed by atoms with Crippen molar-refractivity contribution in [3.8, 4) is 11.5 Å². The van der Waals surface area contributed by atoms with Gasteiger partial charge >= 0.3 is 0 Å². The summed E-state index contributed by atoms with van der Waals surface area (Å²) in [4.78, 5) is 25.1. The average molecular weight is 424 g/mol. The third kappa shape index (κ3) is 3.82. The number of halogens is 1. The van der Waals surface area contributed by atoms with Crippen molar-refractivity contribution in [1.29, 1.82) is 0 Å². The van der Waals surface area contributed by atoms with Crippen LogP contribution in [0.25, 0.3) is 21.9 Å². The molecule has 6 nitrogen and oxygen atoms in total. The second-order valence-corrected chi connectivity index (χ2v) is 7.13. The Morgan fingerprint density at radius 3 is 2.53 bits per heavy atom. The number of carbonyl (C=O) groups excluding carboxylic acids is 1. The molecule has 0 saturated carbocycles. The maximum absolute atomic E-state index is 12.8. The third-order valence-electron chi connectivity index (χ3n) is 4.66. The van der Waals surface area contributed by atoms with Crippen molar-refractivity contribution in [3.05, 3.63) is 75.4 Å². The molecule has 0 aliphatic carbocycles. The van der Waals surface area contributed by atoms with Gasteiger partial charge in [-0.15, -0.1) is 0 Å². The number of methoxy groups -OCH3 is 1. The highest BCUT2D eigenvalue weighted by atomic mass is 35.5. The van der Waals surface area contributed by atoms with Crippen LogP contribution in [0.4, 0.5) is 5.69 Å². The molecule has 0 aliphatic rings. The Morgan fingerprint density at radius 2 is 1.77 bits per heavy atom. The number of fused-ring (bicyclic) bond motifs is 2. The Balaban J connectivity index is 1.57. The number of rotatable bonds is 5. The molecule has 0 bridgehead atoms. The van der Waals surface area contributed by atoms with E-state index in [1.165, 1.54) is 7.11 Å². The molecule has 0 atom stereocenters. The molecule has 0 radical (unpaired) electrons. The monoisotopic (exact) mass is 423 g/mol. The van der Waals surface area contributed by atoms with Gasteiger partial charge in [-0.3, -0.25) is 9.59 Å². The molecule has 0 aliphatic heterocycles. The van der Waals surface area contributed by atoms with Crippen LogP contribution in [0.1, 0.15) is 5.56 Å². The summed E-state index contributed by atoms with van der Waals surface area (Å²) in [5.74, 6) is 0.659. The number of hydrogen-bond acceptors (Lipinski definition) is 5. The molecule has 0 unspecified atom stereocenters. The van der Waals surface area contributed by atoms with E-state index in [0.29, 0.717) is 44.1 Å². The average Bonchev–Trinajstić information content (AvgIpc) is 2.74. The molecule has 0 spiro atoms. The number of para-hydroxylation sites is 2. The van der Waals surface area contributed by atoms with Crippen LogP contribution >= 0.6 is 11.6 Å². The van der Waals surface area contributed by atoms with Crippen LogP contribution in [0.2, 0.25) is 5.02 Å². The molecule has 0 fully saturated rings. The zero-order chi connectivity index (χ0) is 21.3. The number of benzene rings is 3. The summed E-state index contributed by atoms with van der Waals surface area (Å²) in [5.41, 5.74) is 1.94. The summed E-state index contributed by atoms with van der Waals surface area (Å²) >= 11 is 6.14. The van der Waals surface area contributed by atoms with Crippen LogP contribution in [-0.4, -0.2) is 19.6 Å². The molecule has 1 N–H and O–H groups in total. The first-order valence-corrected chi connectivity index (χ1v) is 9.56. The van der Waals surface area contributed by atoms with Crippen LogP contribution in [0.15, 0.2) is 63.8 Å². The number of anilines is 1. The van der Waals surface area contributed by atoms with Crippen LogP contribution in [0, 0.1) is 6.92 Å². The Morgan fingerprint density at radius 1 is 1.03 bits per heavy atom. The van der Waals surface area contributed by atoms with Gasteiger partial charge in [0.05, 0.1) is 17.9 Å². The number of aryl methyl sites for hydroxylation is 1. The summed E-state index contributed by atoms with van der Waals surface area (Å²) < 4.78 is 16.6. The van der Waals surface area contributed by atoms with E-state index in [-0.39, 0.29) is 17.9 Å². The van der Waals surface area contributed by atoms with Gasteiger partial charge in [-0.2, -0.15) is 0 Å². The van der Waals surface area contributed by atoms with E-state index in [0.717, 1.165) is 5.56 Å². The molecule has 0 saturated heterocycles. The highest BCUT2D eigenvalue weighted by molar-refractivity contribution is 6.32. The Hall–Kier alpha value is -3.51. The van der Waals surface area contributed by atoms with Crippen LogP contribution in [0.3, 0.4) is 0 Å². The lowest BCUT2D eigenvalue weighted by molar-refractivity contribution is -0.118. The van der Waals surface area contributed by atoms with Gasteiger partial charge in [0.1, 0.15) is 11.2 Å². The van der Waals surface area contributed by atoms with Gasteiger partial charge in [0.25, 0.3) is 5.91 Å². The van der Waals surface area contributed by atoms with Crippen molar-refractivity contribution < 1.29 is 18.7 Å². The molecule has 4 aromatic rings. The molecular weight excluding hydrogens is 406 g/mol. The molecule has 1 amide bonds. The number of carbonyl (C=O) groups is 1. The predicted molar refractivity (Wildman–Crippen MR) is 117 cm³/mol.